The second kappa shape index (κ2) is 5.69. The van der Waals surface area contributed by atoms with Gasteiger partial charge in [0.05, 0.1) is 24.4 Å². The number of carbonyl (C=O) groups excluding carboxylic acids is 1. The lowest BCUT2D eigenvalue weighted by Gasteiger charge is -2.32. The normalized spacial score (nSPS) is 13.1. The maximum Gasteiger partial charge on any atom is 0.224 e. The van der Waals surface area contributed by atoms with E-state index in [2.05, 4.69) is 22.8 Å². The van der Waals surface area contributed by atoms with Crippen molar-refractivity contribution in [3.8, 4) is 11.1 Å². The fourth-order valence-corrected chi connectivity index (χ4v) is 4.56. The molecule has 0 bridgehead atoms. The summed E-state index contributed by atoms with van der Waals surface area (Å²) in [6.07, 6.45) is 0. The second-order valence-electron chi connectivity index (χ2n) is 7.14. The molecule has 1 N–H and O–H groups in total. The molecule has 0 saturated carbocycles. The van der Waals surface area contributed by atoms with Crippen LogP contribution in [0.15, 0.2) is 54.6 Å². The standard InChI is InChI=1S/C23H20N2O2/c1-14(27)25-12-15-11-18-16-7-3-5-9-20(16)24(2)23(18)19(13-26)22(15)17-8-4-6-10-21(17)25/h3-11,26H,12-13H2,1-2H3. The zero-order chi connectivity index (χ0) is 18.7. The van der Waals surface area contributed by atoms with Crippen LogP contribution in [0.5, 0.6) is 0 Å². The first-order chi connectivity index (χ1) is 13.1. The molecule has 5 rings (SSSR count). The predicted octanol–water partition coefficient (Wildman–Crippen LogP) is 4.36. The Morgan fingerprint density at radius 3 is 2.59 bits per heavy atom. The molecule has 1 aliphatic rings. The molecular weight excluding hydrogens is 336 g/mol. The lowest BCUT2D eigenvalue weighted by molar-refractivity contribution is -0.116. The van der Waals surface area contributed by atoms with E-state index in [1.807, 2.05) is 48.3 Å². The van der Waals surface area contributed by atoms with Crippen molar-refractivity contribution in [1.82, 2.24) is 4.57 Å². The van der Waals surface area contributed by atoms with Gasteiger partial charge in [0, 0.05) is 41.4 Å². The van der Waals surface area contributed by atoms with E-state index in [0.29, 0.717) is 6.54 Å². The molecule has 0 spiro atoms. The number of para-hydroxylation sites is 2. The van der Waals surface area contributed by atoms with Crippen molar-refractivity contribution in [3.63, 3.8) is 0 Å². The molecule has 0 fully saturated rings. The highest BCUT2D eigenvalue weighted by Crippen LogP contribution is 2.45. The van der Waals surface area contributed by atoms with Gasteiger partial charge in [0.1, 0.15) is 0 Å². The average Bonchev–Trinajstić information content (AvgIpc) is 2.98. The molecule has 134 valence electrons. The summed E-state index contributed by atoms with van der Waals surface area (Å²) in [5.41, 5.74) is 7.18. The van der Waals surface area contributed by atoms with Crippen LogP contribution in [0.2, 0.25) is 0 Å². The lowest BCUT2D eigenvalue weighted by Crippen LogP contribution is -2.31. The summed E-state index contributed by atoms with van der Waals surface area (Å²) >= 11 is 0. The number of carbonyl (C=O) groups is 1. The van der Waals surface area contributed by atoms with E-state index in [-0.39, 0.29) is 12.5 Å². The fourth-order valence-electron chi connectivity index (χ4n) is 4.56. The van der Waals surface area contributed by atoms with Crippen LogP contribution in [-0.2, 0) is 25.0 Å². The van der Waals surface area contributed by atoms with Gasteiger partial charge in [-0.3, -0.25) is 4.79 Å². The summed E-state index contributed by atoms with van der Waals surface area (Å²) in [6.45, 7) is 2.08. The fraction of sp³-hybridized carbons (Fsp3) is 0.174. The highest BCUT2D eigenvalue weighted by molar-refractivity contribution is 6.12. The van der Waals surface area contributed by atoms with E-state index in [1.165, 1.54) is 5.39 Å². The van der Waals surface area contributed by atoms with Crippen LogP contribution in [0.3, 0.4) is 0 Å². The summed E-state index contributed by atoms with van der Waals surface area (Å²) in [6, 6.07) is 18.4. The number of aliphatic hydroxyl groups is 1. The zero-order valence-corrected chi connectivity index (χ0v) is 15.4. The SMILES string of the molecule is CC(=O)N1Cc2cc3c4ccccc4n(C)c3c(CO)c2-c2ccccc21. The second-order valence-corrected chi connectivity index (χ2v) is 7.14. The minimum Gasteiger partial charge on any atom is -0.392 e. The van der Waals surface area contributed by atoms with Crippen molar-refractivity contribution < 1.29 is 9.90 Å². The Kier molecular flexibility index (Phi) is 3.39. The third-order valence-corrected chi connectivity index (χ3v) is 5.70. The van der Waals surface area contributed by atoms with Crippen LogP contribution >= 0.6 is 0 Å². The third-order valence-electron chi connectivity index (χ3n) is 5.70. The van der Waals surface area contributed by atoms with Crippen molar-refractivity contribution in [2.45, 2.75) is 20.1 Å². The number of aryl methyl sites for hydroxylation is 1. The molecule has 0 saturated heterocycles. The van der Waals surface area contributed by atoms with Gasteiger partial charge >= 0.3 is 0 Å². The highest BCUT2D eigenvalue weighted by Gasteiger charge is 2.28. The Hall–Kier alpha value is -3.11. The molecule has 0 atom stereocenters. The van der Waals surface area contributed by atoms with Crippen LogP contribution in [0, 0.1) is 0 Å². The van der Waals surface area contributed by atoms with Crippen LogP contribution in [0.4, 0.5) is 5.69 Å². The molecule has 4 aromatic rings. The summed E-state index contributed by atoms with van der Waals surface area (Å²) in [5, 5.41) is 12.6. The Balaban J connectivity index is 1.96. The number of hydrogen-bond donors (Lipinski definition) is 1. The van der Waals surface area contributed by atoms with Gasteiger partial charge in [-0.25, -0.2) is 0 Å². The number of hydrogen-bond acceptors (Lipinski definition) is 2. The summed E-state index contributed by atoms with van der Waals surface area (Å²) < 4.78 is 2.16. The van der Waals surface area contributed by atoms with Gasteiger partial charge in [-0.1, -0.05) is 36.4 Å². The number of benzene rings is 3. The zero-order valence-electron chi connectivity index (χ0n) is 15.4. The smallest absolute Gasteiger partial charge is 0.224 e. The van der Waals surface area contributed by atoms with Crippen molar-refractivity contribution in [2.75, 3.05) is 4.90 Å². The predicted molar refractivity (Wildman–Crippen MR) is 109 cm³/mol. The molecule has 4 heteroatoms. The molecule has 1 aromatic heterocycles. The van der Waals surface area contributed by atoms with Crippen molar-refractivity contribution in [1.29, 1.82) is 0 Å². The number of rotatable bonds is 1. The number of aliphatic hydroxyl groups excluding tert-OH is 1. The van der Waals surface area contributed by atoms with E-state index in [1.54, 1.807) is 6.92 Å². The molecule has 0 unspecified atom stereocenters. The Bertz CT molecular complexity index is 1240. The van der Waals surface area contributed by atoms with Gasteiger partial charge < -0.3 is 14.6 Å². The highest BCUT2D eigenvalue weighted by atomic mass is 16.3. The third kappa shape index (κ3) is 2.10. The molecule has 1 aliphatic heterocycles. The summed E-state index contributed by atoms with van der Waals surface area (Å²) in [4.78, 5) is 14.1. The van der Waals surface area contributed by atoms with Gasteiger partial charge in [-0.2, -0.15) is 0 Å². The van der Waals surface area contributed by atoms with Crippen LogP contribution in [0.25, 0.3) is 32.9 Å². The van der Waals surface area contributed by atoms with Crippen molar-refractivity contribution in [2.24, 2.45) is 7.05 Å². The van der Waals surface area contributed by atoms with E-state index in [0.717, 1.165) is 44.4 Å². The number of aromatic nitrogens is 1. The first kappa shape index (κ1) is 16.1. The van der Waals surface area contributed by atoms with Crippen molar-refractivity contribution in [3.05, 3.63) is 65.7 Å². The van der Waals surface area contributed by atoms with E-state index >= 15 is 0 Å². The number of anilines is 1. The first-order valence-corrected chi connectivity index (χ1v) is 9.12. The quantitative estimate of drug-likeness (QED) is 0.551. The topological polar surface area (TPSA) is 45.5 Å². The molecule has 0 radical (unpaired) electrons. The van der Waals surface area contributed by atoms with E-state index < -0.39 is 0 Å². The average molecular weight is 356 g/mol. The van der Waals surface area contributed by atoms with Gasteiger partial charge in [0.25, 0.3) is 0 Å². The minimum absolute atomic E-state index is 0.0247. The van der Waals surface area contributed by atoms with Gasteiger partial charge in [0.2, 0.25) is 5.91 Å². The van der Waals surface area contributed by atoms with E-state index in [9.17, 15) is 9.90 Å². The Morgan fingerprint density at radius 2 is 1.81 bits per heavy atom. The van der Waals surface area contributed by atoms with Gasteiger partial charge in [0.15, 0.2) is 0 Å². The molecule has 4 nitrogen and oxygen atoms in total. The largest absolute Gasteiger partial charge is 0.392 e. The van der Waals surface area contributed by atoms with Gasteiger partial charge in [-0.05, 0) is 29.3 Å². The number of nitrogens with zero attached hydrogens (tertiary/aromatic N) is 2. The van der Waals surface area contributed by atoms with Crippen LogP contribution in [-0.4, -0.2) is 15.6 Å². The lowest BCUT2D eigenvalue weighted by atomic mass is 9.87. The Morgan fingerprint density at radius 1 is 1.07 bits per heavy atom. The molecule has 2 heterocycles. The summed E-state index contributed by atoms with van der Waals surface area (Å²) in [5.74, 6) is 0.0247. The molecule has 0 aliphatic carbocycles. The number of amides is 1. The first-order valence-electron chi connectivity index (χ1n) is 9.12. The Labute approximate surface area is 157 Å². The monoisotopic (exact) mass is 356 g/mol. The maximum atomic E-state index is 12.3. The van der Waals surface area contributed by atoms with Crippen LogP contribution < -0.4 is 4.90 Å². The summed E-state index contributed by atoms with van der Waals surface area (Å²) in [7, 11) is 2.05. The molecule has 3 aromatic carbocycles. The molecular formula is C23H20N2O2. The van der Waals surface area contributed by atoms with Crippen LogP contribution in [0.1, 0.15) is 18.1 Å². The number of fused-ring (bicyclic) bond motifs is 6. The van der Waals surface area contributed by atoms with Crippen molar-refractivity contribution >= 4 is 33.4 Å². The molecule has 1 amide bonds. The minimum atomic E-state index is -0.0434. The van der Waals surface area contributed by atoms with E-state index in [4.69, 9.17) is 0 Å². The maximum absolute atomic E-state index is 12.3. The molecule has 27 heavy (non-hydrogen) atoms. The van der Waals surface area contributed by atoms with Gasteiger partial charge in [-0.15, -0.1) is 0 Å².